The van der Waals surface area contributed by atoms with Gasteiger partial charge in [0.1, 0.15) is 10.1 Å². The Kier molecular flexibility index (Phi) is 6.28. The first kappa shape index (κ1) is 23.0. The van der Waals surface area contributed by atoms with Crippen molar-refractivity contribution in [3.63, 3.8) is 0 Å². The van der Waals surface area contributed by atoms with Crippen LogP contribution in [0.1, 0.15) is 41.4 Å². The van der Waals surface area contributed by atoms with E-state index >= 15 is 0 Å². The zero-order valence-electron chi connectivity index (χ0n) is 17.5. The van der Waals surface area contributed by atoms with Crippen molar-refractivity contribution >= 4 is 51.3 Å². The summed E-state index contributed by atoms with van der Waals surface area (Å²) in [5, 5.41) is 9.01. The molecule has 4 N–H and O–H groups in total. The zero-order chi connectivity index (χ0) is 23.9. The molecule has 3 aromatic rings. The number of aromatic amines is 1. The Hall–Kier alpha value is -3.16. The molecule has 0 bridgehead atoms. The number of nitrogens with zero attached hydrogens (tertiary/aromatic N) is 2. The maximum absolute atomic E-state index is 12.8. The second-order valence-corrected chi connectivity index (χ2v) is 9.68. The summed E-state index contributed by atoms with van der Waals surface area (Å²) in [4.78, 5) is 54.8. The van der Waals surface area contributed by atoms with E-state index in [0.717, 1.165) is 0 Å². The summed E-state index contributed by atoms with van der Waals surface area (Å²) < 4.78 is 12.3. The number of ether oxygens (including phenoxy) is 2. The van der Waals surface area contributed by atoms with Gasteiger partial charge in [-0.3, -0.25) is 23.9 Å². The number of esters is 1. The zero-order valence-corrected chi connectivity index (χ0v) is 19.1. The fourth-order valence-corrected chi connectivity index (χ4v) is 6.06. The lowest BCUT2D eigenvalue weighted by atomic mass is 9.96. The predicted molar refractivity (Wildman–Crippen MR) is 123 cm³/mol. The van der Waals surface area contributed by atoms with Crippen LogP contribution in [0.15, 0.2) is 33.9 Å². The predicted octanol–water partition coefficient (Wildman–Crippen LogP) is 1.75. The number of rotatable bonds is 6. The van der Waals surface area contributed by atoms with Crippen molar-refractivity contribution in [3.05, 3.63) is 55.4 Å². The Morgan fingerprint density at radius 3 is 2.79 bits per heavy atom. The Morgan fingerprint density at radius 2 is 2.09 bits per heavy atom. The molecule has 13 heteroatoms. The van der Waals surface area contributed by atoms with E-state index in [9.17, 15) is 24.3 Å². The second kappa shape index (κ2) is 9.00. The van der Waals surface area contributed by atoms with Crippen molar-refractivity contribution < 1.29 is 24.2 Å². The van der Waals surface area contributed by atoms with Crippen LogP contribution in [0.25, 0.3) is 10.3 Å². The van der Waals surface area contributed by atoms with Crippen molar-refractivity contribution in [2.45, 2.75) is 36.2 Å². The van der Waals surface area contributed by atoms with Crippen molar-refractivity contribution in [2.24, 2.45) is 0 Å². The van der Waals surface area contributed by atoms with Gasteiger partial charge in [0.05, 0.1) is 24.3 Å². The number of fused-ring (bicyclic) bond motifs is 1. The van der Waals surface area contributed by atoms with Crippen LogP contribution < -0.4 is 16.2 Å². The number of anilines is 1. The van der Waals surface area contributed by atoms with Gasteiger partial charge in [-0.15, -0.1) is 11.8 Å². The van der Waals surface area contributed by atoms with Crippen LogP contribution in [0.3, 0.4) is 0 Å². The van der Waals surface area contributed by atoms with Gasteiger partial charge in [-0.05, 0) is 11.6 Å². The first-order chi connectivity index (χ1) is 15.7. The summed E-state index contributed by atoms with van der Waals surface area (Å²) in [6, 6.07) is 6.58. The van der Waals surface area contributed by atoms with Gasteiger partial charge in [0.15, 0.2) is 11.9 Å². The summed E-state index contributed by atoms with van der Waals surface area (Å²) in [6.07, 6.45) is -1.02. The lowest BCUT2D eigenvalue weighted by Gasteiger charge is -2.21. The van der Waals surface area contributed by atoms with Crippen LogP contribution in [0, 0.1) is 0 Å². The highest BCUT2D eigenvalue weighted by molar-refractivity contribution is 8.00. The first-order valence-corrected chi connectivity index (χ1v) is 11.6. The summed E-state index contributed by atoms with van der Waals surface area (Å²) in [5.41, 5.74) is 5.30. The van der Waals surface area contributed by atoms with Gasteiger partial charge in [0.25, 0.3) is 5.56 Å². The van der Waals surface area contributed by atoms with Crippen molar-refractivity contribution in [2.75, 3.05) is 12.8 Å². The van der Waals surface area contributed by atoms with Crippen molar-refractivity contribution in [1.82, 2.24) is 14.5 Å². The lowest BCUT2D eigenvalue weighted by molar-refractivity contribution is -0.141. The number of carboxylic acids is 1. The standard InChI is InChI=1S/C20H20N4O7S2/c1-8(9-5-3-4-6-10(9)17(27)28)18-31-16(11(32-18)7-12(25)30-2)24-14-13(33-20(24)29)15(26)23-19(21)22-14/h3-6,8,11,16,18H,7H2,1-2H3,(H,27,28)(H3,21,22,23,26)/t8-,11?,16?,18?/m0/s1. The van der Waals surface area contributed by atoms with Gasteiger partial charge >= 0.3 is 16.8 Å². The Labute approximate surface area is 194 Å². The molecule has 0 amide bonds. The molecule has 0 spiro atoms. The maximum atomic E-state index is 12.8. The largest absolute Gasteiger partial charge is 0.478 e. The molecule has 1 aromatic carbocycles. The van der Waals surface area contributed by atoms with E-state index in [1.165, 1.54) is 29.5 Å². The molecule has 2 aromatic heterocycles. The number of carbonyl (C=O) groups excluding carboxylic acids is 1. The number of nitrogens with one attached hydrogen (secondary N) is 1. The Bertz CT molecular complexity index is 1350. The minimum absolute atomic E-state index is 0.0611. The molecule has 174 valence electrons. The van der Waals surface area contributed by atoms with Crippen LogP contribution in [0.4, 0.5) is 5.95 Å². The molecule has 0 saturated carbocycles. The lowest BCUT2D eigenvalue weighted by Crippen LogP contribution is -2.29. The number of carbonyl (C=O) groups is 2. The van der Waals surface area contributed by atoms with Crippen LogP contribution >= 0.6 is 23.1 Å². The highest BCUT2D eigenvalue weighted by atomic mass is 32.2. The van der Waals surface area contributed by atoms with E-state index in [0.29, 0.717) is 16.9 Å². The van der Waals surface area contributed by atoms with E-state index in [4.69, 9.17) is 15.2 Å². The maximum Gasteiger partial charge on any atom is 0.335 e. The van der Waals surface area contributed by atoms with Gasteiger partial charge < -0.3 is 20.3 Å². The Morgan fingerprint density at radius 1 is 1.36 bits per heavy atom. The average molecular weight is 493 g/mol. The van der Waals surface area contributed by atoms with Gasteiger partial charge in [0.2, 0.25) is 5.95 Å². The number of aromatic carboxylic acids is 1. The third kappa shape index (κ3) is 4.26. The van der Waals surface area contributed by atoms with Crippen molar-refractivity contribution in [3.8, 4) is 0 Å². The van der Waals surface area contributed by atoms with E-state index in [1.54, 1.807) is 18.2 Å². The number of nitrogen functional groups attached to an aromatic ring is 1. The SMILES string of the molecule is COC(=O)CC1SC([C@@H](C)c2ccccc2C(=O)O)OC1n1c(=O)sc2c(=O)[nH]c(N)nc21. The summed E-state index contributed by atoms with van der Waals surface area (Å²) in [7, 11) is 1.26. The third-order valence-electron chi connectivity index (χ3n) is 5.33. The van der Waals surface area contributed by atoms with E-state index in [2.05, 4.69) is 9.97 Å². The molecule has 1 aliphatic heterocycles. The van der Waals surface area contributed by atoms with Gasteiger partial charge in [-0.25, -0.2) is 4.79 Å². The number of carboxylic acid groups (broad SMARTS) is 1. The molecule has 4 atom stereocenters. The van der Waals surface area contributed by atoms with Crippen LogP contribution in [-0.4, -0.2) is 49.4 Å². The van der Waals surface area contributed by atoms with Crippen molar-refractivity contribution in [1.29, 1.82) is 0 Å². The number of thioether (sulfide) groups is 1. The number of thiazole rings is 1. The minimum atomic E-state index is -1.07. The minimum Gasteiger partial charge on any atom is -0.478 e. The molecule has 0 aliphatic carbocycles. The fraction of sp³-hybridized carbons (Fsp3) is 0.350. The molecular formula is C20H20N4O7S2. The van der Waals surface area contributed by atoms with Gasteiger partial charge in [0, 0.05) is 5.92 Å². The number of hydrogen-bond acceptors (Lipinski definition) is 10. The molecule has 1 saturated heterocycles. The summed E-state index contributed by atoms with van der Waals surface area (Å²) in [5.74, 6) is -2.12. The summed E-state index contributed by atoms with van der Waals surface area (Å²) in [6.45, 7) is 1.81. The average Bonchev–Trinajstić information content (AvgIpc) is 3.33. The topological polar surface area (TPSA) is 167 Å². The molecule has 1 fully saturated rings. The molecule has 0 radical (unpaired) electrons. The second-order valence-electron chi connectivity index (χ2n) is 7.37. The number of hydrogen-bond donors (Lipinski definition) is 3. The molecule has 1 aliphatic rings. The Balaban J connectivity index is 1.77. The molecule has 3 unspecified atom stereocenters. The quantitative estimate of drug-likeness (QED) is 0.431. The molecular weight excluding hydrogens is 472 g/mol. The number of H-pyrrole nitrogens is 1. The number of nitrogens with two attached hydrogens (primary N) is 1. The van der Waals surface area contributed by atoms with E-state index in [-0.39, 0.29) is 28.3 Å². The smallest absolute Gasteiger partial charge is 0.335 e. The van der Waals surface area contributed by atoms with Crippen LogP contribution in [-0.2, 0) is 14.3 Å². The van der Waals surface area contributed by atoms with Crippen LogP contribution in [0.5, 0.6) is 0 Å². The van der Waals surface area contributed by atoms with Gasteiger partial charge in [-0.1, -0.05) is 36.5 Å². The fourth-order valence-electron chi connectivity index (χ4n) is 3.76. The third-order valence-corrected chi connectivity index (χ3v) is 7.81. The summed E-state index contributed by atoms with van der Waals surface area (Å²) >= 11 is 2.00. The number of benzene rings is 1. The number of aromatic nitrogens is 3. The molecule has 3 heterocycles. The number of methoxy groups -OCH3 is 1. The highest BCUT2D eigenvalue weighted by Crippen LogP contribution is 2.47. The van der Waals surface area contributed by atoms with E-state index in [1.807, 2.05) is 6.92 Å². The van der Waals surface area contributed by atoms with E-state index < -0.39 is 45.2 Å². The molecule has 33 heavy (non-hydrogen) atoms. The van der Waals surface area contributed by atoms with Gasteiger partial charge in [-0.2, -0.15) is 4.98 Å². The van der Waals surface area contributed by atoms with Crippen LogP contribution in [0.2, 0.25) is 0 Å². The normalized spacial score (nSPS) is 21.2. The first-order valence-electron chi connectivity index (χ1n) is 9.82. The monoisotopic (exact) mass is 492 g/mol. The molecule has 11 nitrogen and oxygen atoms in total. The molecule has 4 rings (SSSR count). The highest BCUT2D eigenvalue weighted by Gasteiger charge is 2.43.